The van der Waals surface area contributed by atoms with Crippen LogP contribution in [0.2, 0.25) is 0 Å². The molecule has 0 bridgehead atoms. The largest absolute Gasteiger partial charge is 0.465 e. The Morgan fingerprint density at radius 1 is 1.27 bits per heavy atom. The standard InChI is InChI=1S/C21H28IN5O3/c1-26(2)19(28)16-10-14-11-22-21(25-18(14)27(16)15-6-4-5-7-15)24-17-9-8-13(12-23-17)20(29)30-3/h8-9,12,14-16H,4-7,10-11H2,1-3H3,(H,23,24). The van der Waals surface area contributed by atoms with E-state index in [1.807, 2.05) is 14.1 Å². The number of methoxy groups -OCH3 is 1. The number of hydrogen-bond donors (Lipinski definition) is 1. The van der Waals surface area contributed by atoms with Gasteiger partial charge in [-0.15, -0.1) is 0 Å². The van der Waals surface area contributed by atoms with Gasteiger partial charge in [0.2, 0.25) is 5.91 Å². The summed E-state index contributed by atoms with van der Waals surface area (Å²) in [6.45, 7) is 0. The highest BCUT2D eigenvalue weighted by molar-refractivity contribution is 14.2. The summed E-state index contributed by atoms with van der Waals surface area (Å²) in [5.41, 5.74) is 0.422. The summed E-state index contributed by atoms with van der Waals surface area (Å²) >= 11 is -0.288. The van der Waals surface area contributed by atoms with E-state index in [4.69, 9.17) is 9.73 Å². The van der Waals surface area contributed by atoms with E-state index in [-0.39, 0.29) is 32.7 Å². The molecule has 1 aromatic heterocycles. The van der Waals surface area contributed by atoms with E-state index in [0.717, 1.165) is 33.3 Å². The number of amides is 1. The number of aliphatic imine (C=N–C) groups is 1. The van der Waals surface area contributed by atoms with Crippen LogP contribution in [0.5, 0.6) is 0 Å². The Labute approximate surface area is 186 Å². The van der Waals surface area contributed by atoms with Gasteiger partial charge in [-0.3, -0.25) is 4.79 Å². The zero-order valence-electron chi connectivity index (χ0n) is 17.6. The van der Waals surface area contributed by atoms with Gasteiger partial charge < -0.3 is 19.9 Å². The zero-order chi connectivity index (χ0) is 21.3. The van der Waals surface area contributed by atoms with Gasteiger partial charge in [0.05, 0.1) is 12.7 Å². The molecule has 1 N–H and O–H groups in total. The average molecular weight is 525 g/mol. The summed E-state index contributed by atoms with van der Waals surface area (Å²) in [6, 6.07) is 3.80. The van der Waals surface area contributed by atoms with E-state index >= 15 is 0 Å². The molecule has 9 heteroatoms. The third kappa shape index (κ3) is 4.21. The van der Waals surface area contributed by atoms with Gasteiger partial charge in [-0.05, 0) is 31.4 Å². The van der Waals surface area contributed by atoms with Crippen molar-refractivity contribution in [2.75, 3.05) is 30.9 Å². The summed E-state index contributed by atoms with van der Waals surface area (Å²) in [5, 5.41) is 3.35. The Morgan fingerprint density at radius 3 is 2.67 bits per heavy atom. The predicted molar refractivity (Wildman–Crippen MR) is 125 cm³/mol. The van der Waals surface area contributed by atoms with E-state index in [1.54, 1.807) is 17.0 Å². The van der Waals surface area contributed by atoms with Crippen LogP contribution in [-0.2, 0) is 9.53 Å². The van der Waals surface area contributed by atoms with Crippen LogP contribution in [0.15, 0.2) is 23.3 Å². The Morgan fingerprint density at radius 2 is 2.03 bits per heavy atom. The summed E-state index contributed by atoms with van der Waals surface area (Å²) in [5.74, 6) is 1.93. The first-order valence-electron chi connectivity index (χ1n) is 10.3. The Balaban J connectivity index is 1.55. The number of likely N-dealkylation sites (tertiary alicyclic amines) is 1. The molecule has 4 rings (SSSR count). The second-order valence-corrected chi connectivity index (χ2v) is 10.8. The van der Waals surface area contributed by atoms with Crippen LogP contribution in [-0.4, -0.2) is 74.0 Å². The highest BCUT2D eigenvalue weighted by Gasteiger charge is 2.46. The number of hydrogen-bond acceptors (Lipinski definition) is 7. The normalized spacial score (nSPS) is 23.8. The number of fused-ring (bicyclic) bond motifs is 1. The number of esters is 1. The Kier molecular flexibility index (Phi) is 6.35. The fraction of sp³-hybridized carbons (Fsp3) is 0.571. The SMILES string of the molecule is COC(=O)c1ccc(NC2=ICC3CC(C(=O)N(C)C)N(C4CCCC4)C3=N2)nc1. The molecule has 2 aliphatic heterocycles. The summed E-state index contributed by atoms with van der Waals surface area (Å²) in [6.07, 6.45) is 7.11. The lowest BCUT2D eigenvalue weighted by atomic mass is 10.1. The lowest BCUT2D eigenvalue weighted by Gasteiger charge is -2.34. The molecule has 2 atom stereocenters. The molecule has 2 unspecified atom stereocenters. The van der Waals surface area contributed by atoms with Gasteiger partial charge in [0.25, 0.3) is 0 Å². The van der Waals surface area contributed by atoms with Gasteiger partial charge in [0, 0.05) is 36.7 Å². The topological polar surface area (TPSA) is 87.1 Å². The van der Waals surface area contributed by atoms with Crippen molar-refractivity contribution in [2.24, 2.45) is 10.9 Å². The van der Waals surface area contributed by atoms with Crippen molar-refractivity contribution in [3.63, 3.8) is 0 Å². The van der Waals surface area contributed by atoms with Crippen molar-refractivity contribution in [3.05, 3.63) is 23.9 Å². The highest BCUT2D eigenvalue weighted by atomic mass is 127. The molecule has 3 aliphatic rings. The maximum Gasteiger partial charge on any atom is 0.339 e. The van der Waals surface area contributed by atoms with Crippen molar-refractivity contribution in [3.8, 4) is 0 Å². The van der Waals surface area contributed by atoms with Gasteiger partial charge >= 0.3 is 5.97 Å². The van der Waals surface area contributed by atoms with Gasteiger partial charge in [0.1, 0.15) is 17.7 Å². The molecule has 2 fully saturated rings. The Hall–Kier alpha value is -2.04. The van der Waals surface area contributed by atoms with E-state index in [2.05, 4.69) is 15.2 Å². The lowest BCUT2D eigenvalue weighted by molar-refractivity contribution is -0.133. The number of nitrogens with zero attached hydrogens (tertiary/aromatic N) is 4. The Bertz CT molecular complexity index is 877. The predicted octanol–water partition coefficient (Wildman–Crippen LogP) is 2.47. The van der Waals surface area contributed by atoms with Crippen LogP contribution in [0.1, 0.15) is 42.5 Å². The minimum atomic E-state index is -0.398. The maximum atomic E-state index is 12.9. The van der Waals surface area contributed by atoms with Crippen LogP contribution >= 0.6 is 20.7 Å². The van der Waals surface area contributed by atoms with Crippen molar-refractivity contribution < 1.29 is 14.3 Å². The molecule has 0 spiro atoms. The van der Waals surface area contributed by atoms with Crippen LogP contribution in [0.3, 0.4) is 0 Å². The second kappa shape index (κ2) is 8.99. The number of aromatic nitrogens is 1. The summed E-state index contributed by atoms with van der Waals surface area (Å²) in [7, 11) is 5.04. The summed E-state index contributed by atoms with van der Waals surface area (Å²) < 4.78 is 6.78. The maximum absolute atomic E-state index is 12.9. The number of alkyl halides is 1. The van der Waals surface area contributed by atoms with Crippen molar-refractivity contribution in [1.82, 2.24) is 14.8 Å². The summed E-state index contributed by atoms with van der Waals surface area (Å²) in [4.78, 5) is 37.9. The number of anilines is 1. The number of carbonyl (C=O) groups excluding carboxylic acids is 2. The first-order valence-corrected chi connectivity index (χ1v) is 12.9. The molecular weight excluding hydrogens is 497 g/mol. The molecular formula is C21H28IN5O3. The number of rotatable bonds is 5. The van der Waals surface area contributed by atoms with Gasteiger partial charge in [-0.1, -0.05) is 33.6 Å². The molecule has 3 heterocycles. The number of ether oxygens (including phenoxy) is 1. The number of carbonyl (C=O) groups is 2. The molecule has 1 aromatic rings. The lowest BCUT2D eigenvalue weighted by Crippen LogP contribution is -2.49. The molecule has 162 valence electrons. The number of nitrogens with one attached hydrogen (secondary N) is 1. The zero-order valence-corrected chi connectivity index (χ0v) is 19.8. The monoisotopic (exact) mass is 525 g/mol. The van der Waals surface area contributed by atoms with Crippen LogP contribution in [0.4, 0.5) is 5.82 Å². The van der Waals surface area contributed by atoms with Gasteiger partial charge in [0.15, 0.2) is 3.76 Å². The number of amidine groups is 1. The third-order valence-corrected chi connectivity index (χ3v) is 8.67. The van der Waals surface area contributed by atoms with Gasteiger partial charge in [-0.2, -0.15) is 0 Å². The smallest absolute Gasteiger partial charge is 0.339 e. The van der Waals surface area contributed by atoms with Crippen LogP contribution in [0, 0.1) is 5.92 Å². The van der Waals surface area contributed by atoms with E-state index in [9.17, 15) is 9.59 Å². The van der Waals surface area contributed by atoms with E-state index in [1.165, 1.54) is 26.1 Å². The van der Waals surface area contributed by atoms with Crippen molar-refractivity contribution in [1.29, 1.82) is 0 Å². The van der Waals surface area contributed by atoms with Crippen LogP contribution < -0.4 is 5.32 Å². The fourth-order valence-electron chi connectivity index (χ4n) is 4.45. The van der Waals surface area contributed by atoms with Crippen molar-refractivity contribution >= 4 is 48.0 Å². The molecule has 0 radical (unpaired) electrons. The highest BCUT2D eigenvalue weighted by Crippen LogP contribution is 2.38. The molecule has 1 aliphatic carbocycles. The molecule has 8 nitrogen and oxygen atoms in total. The number of halogens is 1. The molecule has 1 saturated heterocycles. The van der Waals surface area contributed by atoms with E-state index < -0.39 is 5.97 Å². The fourth-order valence-corrected chi connectivity index (χ4v) is 7.04. The second-order valence-electron chi connectivity index (χ2n) is 8.12. The van der Waals surface area contributed by atoms with E-state index in [0.29, 0.717) is 23.3 Å². The first-order chi connectivity index (χ1) is 14.5. The molecule has 30 heavy (non-hydrogen) atoms. The minimum Gasteiger partial charge on any atom is -0.465 e. The number of pyridine rings is 1. The van der Waals surface area contributed by atoms with Gasteiger partial charge in [-0.25, -0.2) is 14.8 Å². The molecule has 1 amide bonds. The molecule has 0 aromatic carbocycles. The number of likely N-dealkylation sites (N-methyl/N-ethyl adjacent to an activating group) is 1. The quantitative estimate of drug-likeness (QED) is 0.361. The average Bonchev–Trinajstić information content (AvgIpc) is 3.40. The molecule has 1 saturated carbocycles. The van der Waals surface area contributed by atoms with Crippen molar-refractivity contribution in [2.45, 2.75) is 44.2 Å². The minimum absolute atomic E-state index is 0.0901. The van der Waals surface area contributed by atoms with Crippen LogP contribution in [0.25, 0.3) is 0 Å². The third-order valence-electron chi connectivity index (χ3n) is 5.94. The first kappa shape index (κ1) is 21.2.